The van der Waals surface area contributed by atoms with Crippen LogP contribution in [0.1, 0.15) is 111 Å². The SMILES string of the molecule is CC=C(C)C(=O)O[C@]1(C)CC2CCCCC2[C@H](C2CCC(N)NC2)[C@@]12CC1CC3CC(C[C@H](CO)CCCO)C(=O)OC3CC1O2. The van der Waals surface area contributed by atoms with E-state index in [1.807, 2.05) is 19.9 Å². The Balaban J connectivity index is 1.30. The van der Waals surface area contributed by atoms with Crippen LogP contribution in [-0.2, 0) is 23.8 Å². The fraction of sp³-hybridized carbons (Fsp3) is 0.892. The summed E-state index contributed by atoms with van der Waals surface area (Å²) in [6.45, 7) is 6.88. The molecule has 5 N–H and O–H groups in total. The number of allylic oxidation sites excluding steroid dienone is 1. The van der Waals surface area contributed by atoms with Crippen LogP contribution in [0.4, 0.5) is 0 Å². The largest absolute Gasteiger partial charge is 0.462 e. The Bertz CT molecular complexity index is 1120. The minimum atomic E-state index is -0.764. The van der Waals surface area contributed by atoms with Crippen LogP contribution in [0.5, 0.6) is 0 Å². The second kappa shape index (κ2) is 14.1. The highest BCUT2D eigenvalue weighted by Gasteiger charge is 2.70. The standard InChI is InChI=1S/C37H60N2O7/c1-4-22(2)34(42)46-36(3)18-24-9-5-6-10-29(24)33(25-11-12-32(38)39-20-25)37(36)19-28-16-26-15-27(14-23(21-41)8-7-13-40)35(43)44-30(26)17-31(28)45-37/h4,23-33,39-41H,5-21,38H2,1-3H3/t23-,24?,25?,26?,27?,28?,29?,30?,31?,32?,33+,36-,37+/m1/s1. The van der Waals surface area contributed by atoms with Gasteiger partial charge in [0.15, 0.2) is 0 Å². The van der Waals surface area contributed by atoms with E-state index in [1.165, 1.54) is 25.7 Å². The molecule has 3 heterocycles. The molecule has 260 valence electrons. The maximum Gasteiger partial charge on any atom is 0.334 e. The molecule has 9 nitrogen and oxygen atoms in total. The van der Waals surface area contributed by atoms with Crippen LogP contribution in [0.25, 0.3) is 0 Å². The number of hydrogen-bond acceptors (Lipinski definition) is 9. The molecule has 3 saturated heterocycles. The third kappa shape index (κ3) is 6.45. The van der Waals surface area contributed by atoms with E-state index < -0.39 is 11.2 Å². The number of fused-ring (bicyclic) bond motifs is 3. The third-order valence-electron chi connectivity index (χ3n) is 13.5. The van der Waals surface area contributed by atoms with Crippen molar-refractivity contribution in [2.75, 3.05) is 19.8 Å². The van der Waals surface area contributed by atoms with Gasteiger partial charge in [-0.25, -0.2) is 4.79 Å². The van der Waals surface area contributed by atoms with Gasteiger partial charge in [0, 0.05) is 25.2 Å². The molecule has 0 aromatic heterocycles. The molecule has 6 fully saturated rings. The number of rotatable bonds is 9. The first-order valence-electron chi connectivity index (χ1n) is 18.6. The van der Waals surface area contributed by atoms with Crippen molar-refractivity contribution in [1.29, 1.82) is 0 Å². The number of piperidine rings is 1. The number of carbonyl (C=O) groups excluding carboxylic acids is 2. The summed E-state index contributed by atoms with van der Waals surface area (Å²) in [6.07, 6.45) is 14.5. The van der Waals surface area contributed by atoms with Crippen molar-refractivity contribution in [3.05, 3.63) is 11.6 Å². The Labute approximate surface area is 275 Å². The first-order chi connectivity index (χ1) is 22.1. The van der Waals surface area contributed by atoms with Crippen LogP contribution in [0, 0.1) is 47.3 Å². The van der Waals surface area contributed by atoms with E-state index in [1.54, 1.807) is 0 Å². The molecule has 0 aromatic rings. The van der Waals surface area contributed by atoms with E-state index >= 15 is 0 Å². The Hall–Kier alpha value is -1.52. The van der Waals surface area contributed by atoms with Gasteiger partial charge in [-0.2, -0.15) is 0 Å². The molecule has 0 amide bonds. The molecule has 6 rings (SSSR count). The lowest BCUT2D eigenvalue weighted by molar-refractivity contribution is -0.266. The maximum atomic E-state index is 13.6. The molecule has 0 aromatic carbocycles. The molecule has 3 aliphatic heterocycles. The quantitative estimate of drug-likeness (QED) is 0.209. The molecule has 0 radical (unpaired) electrons. The number of nitrogens with two attached hydrogens (primary N) is 1. The summed E-state index contributed by atoms with van der Waals surface area (Å²) in [5.41, 5.74) is 5.59. The highest BCUT2D eigenvalue weighted by molar-refractivity contribution is 5.88. The molecule has 3 aliphatic carbocycles. The van der Waals surface area contributed by atoms with Gasteiger partial charge in [-0.05, 0) is 133 Å². The number of aliphatic hydroxyl groups is 2. The molecule has 46 heavy (non-hydrogen) atoms. The van der Waals surface area contributed by atoms with Gasteiger partial charge in [-0.15, -0.1) is 0 Å². The molecule has 1 spiro atoms. The van der Waals surface area contributed by atoms with Gasteiger partial charge in [0.25, 0.3) is 0 Å². The van der Waals surface area contributed by atoms with Crippen LogP contribution < -0.4 is 11.1 Å². The van der Waals surface area contributed by atoms with Crippen LogP contribution in [0.2, 0.25) is 0 Å². The fourth-order valence-electron chi connectivity index (χ4n) is 11.1. The molecule has 9 heteroatoms. The van der Waals surface area contributed by atoms with Crippen molar-refractivity contribution in [1.82, 2.24) is 5.32 Å². The second-order valence-corrected chi connectivity index (χ2v) is 16.2. The van der Waals surface area contributed by atoms with Crippen LogP contribution in [-0.4, -0.2) is 71.5 Å². The molecular formula is C37H60N2O7. The zero-order valence-electron chi connectivity index (χ0n) is 28.5. The summed E-state index contributed by atoms with van der Waals surface area (Å²) >= 11 is 0. The Morgan fingerprint density at radius 2 is 1.87 bits per heavy atom. The topological polar surface area (TPSA) is 140 Å². The molecular weight excluding hydrogens is 584 g/mol. The summed E-state index contributed by atoms with van der Waals surface area (Å²) < 4.78 is 20.4. The highest BCUT2D eigenvalue weighted by Crippen LogP contribution is 2.64. The fourth-order valence-corrected chi connectivity index (χ4v) is 11.1. The molecule has 6 aliphatic rings. The van der Waals surface area contributed by atoms with E-state index in [0.29, 0.717) is 54.9 Å². The van der Waals surface area contributed by atoms with Crippen molar-refractivity contribution in [2.24, 2.45) is 53.1 Å². The lowest BCUT2D eigenvalue weighted by Gasteiger charge is -2.61. The predicted octanol–water partition coefficient (Wildman–Crippen LogP) is 4.62. The number of aliphatic hydroxyl groups excluding tert-OH is 2. The number of nitrogens with one attached hydrogen (secondary N) is 1. The average molecular weight is 645 g/mol. The lowest BCUT2D eigenvalue weighted by Crippen LogP contribution is -2.68. The predicted molar refractivity (Wildman–Crippen MR) is 174 cm³/mol. The normalized spacial score (nSPS) is 44.9. The van der Waals surface area contributed by atoms with Crippen molar-refractivity contribution >= 4 is 11.9 Å². The van der Waals surface area contributed by atoms with E-state index in [-0.39, 0.29) is 67.2 Å². The van der Waals surface area contributed by atoms with Gasteiger partial charge in [-0.3, -0.25) is 4.79 Å². The van der Waals surface area contributed by atoms with Gasteiger partial charge in [0.2, 0.25) is 0 Å². The first kappa shape index (κ1) is 34.3. The van der Waals surface area contributed by atoms with Gasteiger partial charge in [0.1, 0.15) is 17.3 Å². The molecule has 9 unspecified atom stereocenters. The van der Waals surface area contributed by atoms with Crippen LogP contribution in [0.3, 0.4) is 0 Å². The zero-order chi connectivity index (χ0) is 32.6. The van der Waals surface area contributed by atoms with Crippen molar-refractivity contribution in [3.8, 4) is 0 Å². The van der Waals surface area contributed by atoms with Gasteiger partial charge in [0.05, 0.1) is 18.2 Å². The number of esters is 2. The van der Waals surface area contributed by atoms with Crippen molar-refractivity contribution < 1.29 is 34.0 Å². The molecule has 13 atom stereocenters. The van der Waals surface area contributed by atoms with E-state index in [0.717, 1.165) is 45.1 Å². The number of hydrogen-bond donors (Lipinski definition) is 4. The van der Waals surface area contributed by atoms with Gasteiger partial charge >= 0.3 is 11.9 Å². The highest BCUT2D eigenvalue weighted by atomic mass is 16.6. The minimum Gasteiger partial charge on any atom is -0.462 e. The van der Waals surface area contributed by atoms with E-state index in [9.17, 15) is 19.8 Å². The maximum absolute atomic E-state index is 13.6. The van der Waals surface area contributed by atoms with Crippen molar-refractivity contribution in [2.45, 2.75) is 140 Å². The monoisotopic (exact) mass is 644 g/mol. The lowest BCUT2D eigenvalue weighted by atomic mass is 9.49. The second-order valence-electron chi connectivity index (χ2n) is 16.2. The minimum absolute atomic E-state index is 0.00431. The van der Waals surface area contributed by atoms with Gasteiger partial charge in [-0.1, -0.05) is 25.3 Å². The average Bonchev–Trinajstić information content (AvgIpc) is 3.42. The third-order valence-corrected chi connectivity index (χ3v) is 13.5. The van der Waals surface area contributed by atoms with Gasteiger partial charge < -0.3 is 35.5 Å². The number of carbonyl (C=O) groups is 2. The number of ether oxygens (including phenoxy) is 3. The molecule has 3 saturated carbocycles. The Morgan fingerprint density at radius 1 is 1.07 bits per heavy atom. The summed E-state index contributed by atoms with van der Waals surface area (Å²) in [5, 5.41) is 22.8. The summed E-state index contributed by atoms with van der Waals surface area (Å²) in [4.78, 5) is 26.8. The summed E-state index contributed by atoms with van der Waals surface area (Å²) in [7, 11) is 0. The molecule has 0 bridgehead atoms. The van der Waals surface area contributed by atoms with Crippen molar-refractivity contribution in [3.63, 3.8) is 0 Å². The Kier molecular flexibility index (Phi) is 10.6. The Morgan fingerprint density at radius 3 is 2.59 bits per heavy atom. The van der Waals surface area contributed by atoms with E-state index in [4.69, 9.17) is 19.9 Å². The van der Waals surface area contributed by atoms with Crippen LogP contribution in [0.15, 0.2) is 11.6 Å². The zero-order valence-corrected chi connectivity index (χ0v) is 28.5. The summed E-state index contributed by atoms with van der Waals surface area (Å²) in [6, 6.07) is 0. The van der Waals surface area contributed by atoms with Crippen LogP contribution >= 0.6 is 0 Å². The first-order valence-corrected chi connectivity index (χ1v) is 18.6. The smallest absolute Gasteiger partial charge is 0.334 e. The van der Waals surface area contributed by atoms with E-state index in [2.05, 4.69) is 12.2 Å². The summed E-state index contributed by atoms with van der Waals surface area (Å²) in [5.74, 6) is 1.64.